The topological polar surface area (TPSA) is 13.1 Å². The molecule has 94 valence electrons. The summed E-state index contributed by atoms with van der Waals surface area (Å²) in [5.74, 6) is 1.52. The summed E-state index contributed by atoms with van der Waals surface area (Å²) in [4.78, 5) is 0. The molecule has 0 bridgehead atoms. The number of furan rings is 1. The maximum Gasteiger partial charge on any atom is 0.153 e. The van der Waals surface area contributed by atoms with Crippen molar-refractivity contribution in [1.29, 1.82) is 0 Å². The zero-order valence-corrected chi connectivity index (χ0v) is 11.3. The van der Waals surface area contributed by atoms with Crippen LogP contribution in [0.4, 0.5) is 0 Å². The minimum Gasteiger partial charge on any atom is -0.454 e. The van der Waals surface area contributed by atoms with Gasteiger partial charge in [0.15, 0.2) is 5.76 Å². The number of halogens is 1. The van der Waals surface area contributed by atoms with E-state index in [9.17, 15) is 0 Å². The van der Waals surface area contributed by atoms with Crippen LogP contribution in [-0.2, 0) is 0 Å². The van der Waals surface area contributed by atoms with E-state index in [1.807, 2.05) is 48.5 Å². The predicted molar refractivity (Wildman–Crippen MR) is 79.3 cm³/mol. The van der Waals surface area contributed by atoms with E-state index in [4.69, 9.17) is 16.0 Å². The Bertz CT molecular complexity index is 681. The molecule has 0 radical (unpaired) electrons. The van der Waals surface area contributed by atoms with E-state index in [-0.39, 0.29) is 0 Å². The maximum absolute atomic E-state index is 6.28. The fourth-order valence-corrected chi connectivity index (χ4v) is 2.26. The highest BCUT2D eigenvalue weighted by Crippen LogP contribution is 2.35. The summed E-state index contributed by atoms with van der Waals surface area (Å²) in [6, 6.07) is 20.0. The van der Waals surface area contributed by atoms with Gasteiger partial charge in [-0.15, -0.1) is 0 Å². The third-order valence-corrected chi connectivity index (χ3v) is 3.34. The lowest BCUT2D eigenvalue weighted by atomic mass is 10.1. The first-order valence-corrected chi connectivity index (χ1v) is 6.53. The van der Waals surface area contributed by atoms with Gasteiger partial charge >= 0.3 is 0 Å². The zero-order valence-electron chi connectivity index (χ0n) is 10.6. The Morgan fingerprint density at radius 3 is 2.21 bits per heavy atom. The summed E-state index contributed by atoms with van der Waals surface area (Å²) >= 11 is 6.28. The zero-order chi connectivity index (χ0) is 13.2. The van der Waals surface area contributed by atoms with Crippen molar-refractivity contribution in [2.24, 2.45) is 0 Å². The van der Waals surface area contributed by atoms with E-state index in [0.29, 0.717) is 5.02 Å². The second-order valence-electron chi connectivity index (χ2n) is 4.52. The van der Waals surface area contributed by atoms with Gasteiger partial charge in [0.1, 0.15) is 5.76 Å². The van der Waals surface area contributed by atoms with E-state index < -0.39 is 0 Å². The van der Waals surface area contributed by atoms with Crippen molar-refractivity contribution < 1.29 is 4.42 Å². The van der Waals surface area contributed by atoms with E-state index in [0.717, 1.165) is 22.6 Å². The molecule has 0 spiro atoms. The molecule has 0 aliphatic heterocycles. The van der Waals surface area contributed by atoms with Gasteiger partial charge in [-0.05, 0) is 6.92 Å². The van der Waals surface area contributed by atoms with Gasteiger partial charge in [-0.25, -0.2) is 0 Å². The summed E-state index contributed by atoms with van der Waals surface area (Å²) in [7, 11) is 0. The first-order chi connectivity index (χ1) is 9.24. The van der Waals surface area contributed by atoms with Crippen LogP contribution in [0.25, 0.3) is 22.6 Å². The molecule has 1 nitrogen and oxygen atoms in total. The lowest BCUT2D eigenvalue weighted by Gasteiger charge is -1.99. The molecule has 3 aromatic rings. The Kier molecular flexibility index (Phi) is 3.14. The normalized spacial score (nSPS) is 10.6. The van der Waals surface area contributed by atoms with Crippen LogP contribution in [0.15, 0.2) is 65.1 Å². The molecule has 0 amide bonds. The molecule has 0 aliphatic carbocycles. The van der Waals surface area contributed by atoms with Crippen LogP contribution < -0.4 is 0 Å². The molecular formula is C17H13ClO. The van der Waals surface area contributed by atoms with Gasteiger partial charge in [0.25, 0.3) is 0 Å². The van der Waals surface area contributed by atoms with Crippen molar-refractivity contribution in [2.75, 3.05) is 0 Å². The molecule has 0 saturated heterocycles. The number of aryl methyl sites for hydroxylation is 1. The molecule has 0 N–H and O–H groups in total. The van der Waals surface area contributed by atoms with Crippen molar-refractivity contribution in [3.05, 3.63) is 71.2 Å². The second-order valence-corrected chi connectivity index (χ2v) is 4.93. The van der Waals surface area contributed by atoms with E-state index in [2.05, 4.69) is 19.1 Å². The van der Waals surface area contributed by atoms with Gasteiger partial charge in [0, 0.05) is 17.2 Å². The second kappa shape index (κ2) is 4.94. The van der Waals surface area contributed by atoms with Crippen LogP contribution in [-0.4, -0.2) is 0 Å². The van der Waals surface area contributed by atoms with Gasteiger partial charge in [-0.1, -0.05) is 71.8 Å². The fourth-order valence-electron chi connectivity index (χ4n) is 2.02. The number of benzene rings is 2. The summed E-state index contributed by atoms with van der Waals surface area (Å²) in [6.45, 7) is 2.06. The highest BCUT2D eigenvalue weighted by atomic mass is 35.5. The van der Waals surface area contributed by atoms with Crippen molar-refractivity contribution in [1.82, 2.24) is 0 Å². The van der Waals surface area contributed by atoms with Crippen molar-refractivity contribution in [3.8, 4) is 22.6 Å². The highest BCUT2D eigenvalue weighted by Gasteiger charge is 2.12. The molecule has 2 heteroatoms. The first-order valence-electron chi connectivity index (χ1n) is 6.16. The Labute approximate surface area is 117 Å². The van der Waals surface area contributed by atoms with Crippen LogP contribution >= 0.6 is 11.6 Å². The van der Waals surface area contributed by atoms with Crippen molar-refractivity contribution in [3.63, 3.8) is 0 Å². The summed E-state index contributed by atoms with van der Waals surface area (Å²) in [5.41, 5.74) is 3.25. The van der Waals surface area contributed by atoms with E-state index in [1.54, 1.807) is 0 Å². The molecule has 1 heterocycles. The standard InChI is InChI=1S/C17H13ClO/c1-12-7-9-14(10-8-12)17-15(18)11-16(19-17)13-5-3-2-4-6-13/h2-11H,1H3. The van der Waals surface area contributed by atoms with E-state index >= 15 is 0 Å². The molecule has 1 aromatic heterocycles. The molecule has 0 saturated carbocycles. The molecule has 0 aliphatic rings. The van der Waals surface area contributed by atoms with Gasteiger partial charge in [-0.2, -0.15) is 0 Å². The van der Waals surface area contributed by atoms with Gasteiger partial charge in [0.2, 0.25) is 0 Å². The Hall–Kier alpha value is -1.99. The van der Waals surface area contributed by atoms with Crippen LogP contribution in [0.3, 0.4) is 0 Å². The largest absolute Gasteiger partial charge is 0.454 e. The van der Waals surface area contributed by atoms with Crippen LogP contribution in [0, 0.1) is 6.92 Å². The lowest BCUT2D eigenvalue weighted by Crippen LogP contribution is -1.76. The minimum absolute atomic E-state index is 0.641. The van der Waals surface area contributed by atoms with Crippen molar-refractivity contribution >= 4 is 11.6 Å². The summed E-state index contributed by atoms with van der Waals surface area (Å²) < 4.78 is 5.89. The SMILES string of the molecule is Cc1ccc(-c2oc(-c3ccccc3)cc2Cl)cc1. The molecule has 0 unspecified atom stereocenters. The number of hydrogen-bond donors (Lipinski definition) is 0. The fraction of sp³-hybridized carbons (Fsp3) is 0.0588. The monoisotopic (exact) mass is 268 g/mol. The molecule has 19 heavy (non-hydrogen) atoms. The Balaban J connectivity index is 2.05. The molecule has 0 atom stereocenters. The Morgan fingerprint density at radius 2 is 1.53 bits per heavy atom. The van der Waals surface area contributed by atoms with Gasteiger partial charge in [0.05, 0.1) is 5.02 Å². The predicted octanol–water partition coefficient (Wildman–Crippen LogP) is 5.58. The quantitative estimate of drug-likeness (QED) is 0.592. The highest BCUT2D eigenvalue weighted by molar-refractivity contribution is 6.33. The molecule has 3 rings (SSSR count). The lowest BCUT2D eigenvalue weighted by molar-refractivity contribution is 0.597. The summed E-state index contributed by atoms with van der Waals surface area (Å²) in [5, 5.41) is 0.641. The average molecular weight is 269 g/mol. The summed E-state index contributed by atoms with van der Waals surface area (Å²) in [6.07, 6.45) is 0. The maximum atomic E-state index is 6.28. The molecule has 0 fully saturated rings. The average Bonchev–Trinajstić information content (AvgIpc) is 2.83. The molecule has 2 aromatic carbocycles. The number of rotatable bonds is 2. The van der Waals surface area contributed by atoms with E-state index in [1.165, 1.54) is 5.56 Å². The van der Waals surface area contributed by atoms with Crippen LogP contribution in [0.5, 0.6) is 0 Å². The first kappa shape index (κ1) is 12.1. The van der Waals surface area contributed by atoms with Crippen molar-refractivity contribution in [2.45, 2.75) is 6.92 Å². The third-order valence-electron chi connectivity index (χ3n) is 3.06. The number of hydrogen-bond acceptors (Lipinski definition) is 1. The minimum atomic E-state index is 0.641. The van der Waals surface area contributed by atoms with Gasteiger partial charge in [-0.3, -0.25) is 0 Å². The smallest absolute Gasteiger partial charge is 0.153 e. The van der Waals surface area contributed by atoms with Gasteiger partial charge < -0.3 is 4.42 Å². The Morgan fingerprint density at radius 1 is 0.842 bits per heavy atom. The van der Waals surface area contributed by atoms with Crippen LogP contribution in [0.2, 0.25) is 5.02 Å². The van der Waals surface area contributed by atoms with Crippen LogP contribution in [0.1, 0.15) is 5.56 Å². The molecular weight excluding hydrogens is 256 g/mol. The third kappa shape index (κ3) is 2.42.